The van der Waals surface area contributed by atoms with Gasteiger partial charge in [-0.15, -0.1) is 0 Å². The van der Waals surface area contributed by atoms with E-state index in [4.69, 9.17) is 9.15 Å². The number of ether oxygens (including phenoxy) is 1. The highest BCUT2D eigenvalue weighted by atomic mass is 79.9. The topological polar surface area (TPSA) is 56.5 Å². The molecule has 0 aliphatic rings. The maximum atomic E-state index is 12.4. The van der Waals surface area contributed by atoms with E-state index >= 15 is 0 Å². The molecule has 0 atom stereocenters. The molecular formula is C24H15BrO4. The number of halogens is 1. The van der Waals surface area contributed by atoms with Crippen LogP contribution in [0.2, 0.25) is 0 Å². The Morgan fingerprint density at radius 3 is 2.28 bits per heavy atom. The summed E-state index contributed by atoms with van der Waals surface area (Å²) in [6.07, 6.45) is 3.02. The number of carbonyl (C=O) groups excluding carboxylic acids is 1. The van der Waals surface area contributed by atoms with Crippen molar-refractivity contribution < 1.29 is 13.9 Å². The van der Waals surface area contributed by atoms with Crippen molar-refractivity contribution in [3.05, 3.63) is 111 Å². The molecule has 4 aromatic rings. The molecule has 0 radical (unpaired) electrons. The number of hydrogen-bond donors (Lipinski definition) is 0. The summed E-state index contributed by atoms with van der Waals surface area (Å²) in [5.41, 5.74) is 0.637. The number of ketones is 1. The lowest BCUT2D eigenvalue weighted by atomic mass is 10.1. The lowest BCUT2D eigenvalue weighted by Gasteiger charge is -2.05. The van der Waals surface area contributed by atoms with Gasteiger partial charge in [0.1, 0.15) is 22.6 Å². The molecule has 0 aliphatic carbocycles. The van der Waals surface area contributed by atoms with Gasteiger partial charge in [0.25, 0.3) is 0 Å². The molecule has 142 valence electrons. The van der Waals surface area contributed by atoms with Crippen molar-refractivity contribution in [2.24, 2.45) is 0 Å². The Hall–Kier alpha value is -3.44. The number of fused-ring (bicyclic) bond motifs is 1. The van der Waals surface area contributed by atoms with Crippen molar-refractivity contribution in [2.45, 2.75) is 0 Å². The number of rotatable bonds is 5. The van der Waals surface area contributed by atoms with Crippen LogP contribution in [-0.4, -0.2) is 5.78 Å². The van der Waals surface area contributed by atoms with Gasteiger partial charge in [-0.25, -0.2) is 4.79 Å². The second-order valence-corrected chi connectivity index (χ2v) is 7.22. The molecule has 1 heterocycles. The quantitative estimate of drug-likeness (QED) is 0.206. The van der Waals surface area contributed by atoms with Crippen molar-refractivity contribution >= 4 is 38.8 Å². The molecule has 5 heteroatoms. The summed E-state index contributed by atoms with van der Waals surface area (Å²) in [6.45, 7) is 0. The Labute approximate surface area is 175 Å². The third kappa shape index (κ3) is 4.52. The fourth-order valence-electron chi connectivity index (χ4n) is 2.78. The Bertz CT molecular complexity index is 1250. The summed E-state index contributed by atoms with van der Waals surface area (Å²) in [5.74, 6) is 1.01. The fraction of sp³-hybridized carbons (Fsp3) is 0. The first-order chi connectivity index (χ1) is 14.1. The third-order valence-electron chi connectivity index (χ3n) is 4.26. The van der Waals surface area contributed by atoms with Gasteiger partial charge in [-0.05, 0) is 60.2 Å². The van der Waals surface area contributed by atoms with Crippen LogP contribution in [0.15, 0.2) is 98.6 Å². The molecule has 4 rings (SSSR count). The van der Waals surface area contributed by atoms with Crippen LogP contribution in [0.3, 0.4) is 0 Å². The molecule has 0 spiro atoms. The van der Waals surface area contributed by atoms with Crippen molar-refractivity contribution in [2.75, 3.05) is 0 Å². The standard InChI is InChI=1S/C24H15BrO4/c25-18-8-12-20(13-9-18)28-19-10-5-16(6-11-19)7-14-22(26)21-15-17-3-1-2-4-23(17)29-24(21)27/h1-15H/b14-7+. The van der Waals surface area contributed by atoms with E-state index in [0.717, 1.165) is 15.8 Å². The van der Waals surface area contributed by atoms with Crippen LogP contribution in [-0.2, 0) is 0 Å². The fourth-order valence-corrected chi connectivity index (χ4v) is 3.05. The first-order valence-electron chi connectivity index (χ1n) is 8.87. The minimum absolute atomic E-state index is 0.00939. The van der Waals surface area contributed by atoms with Crippen LogP contribution in [0, 0.1) is 0 Å². The van der Waals surface area contributed by atoms with Gasteiger partial charge in [0.05, 0.1) is 0 Å². The summed E-state index contributed by atoms with van der Waals surface area (Å²) >= 11 is 3.39. The molecule has 0 saturated heterocycles. The van der Waals surface area contributed by atoms with E-state index in [1.54, 1.807) is 30.3 Å². The molecule has 3 aromatic carbocycles. The highest BCUT2D eigenvalue weighted by molar-refractivity contribution is 9.10. The van der Waals surface area contributed by atoms with Crippen molar-refractivity contribution in [1.29, 1.82) is 0 Å². The predicted octanol–water partition coefficient (Wildman–Crippen LogP) is 6.24. The average Bonchev–Trinajstić information content (AvgIpc) is 2.74. The molecule has 0 amide bonds. The van der Waals surface area contributed by atoms with Crippen LogP contribution >= 0.6 is 15.9 Å². The van der Waals surface area contributed by atoms with Crippen molar-refractivity contribution in [3.63, 3.8) is 0 Å². The summed E-state index contributed by atoms with van der Waals surface area (Å²) in [6, 6.07) is 23.5. The molecule has 0 fully saturated rings. The van der Waals surface area contributed by atoms with Crippen LogP contribution in [0.5, 0.6) is 11.5 Å². The predicted molar refractivity (Wildman–Crippen MR) is 117 cm³/mol. The normalized spacial score (nSPS) is 11.1. The second kappa shape index (κ2) is 8.29. The second-order valence-electron chi connectivity index (χ2n) is 6.31. The number of para-hydroxylation sites is 1. The van der Waals surface area contributed by atoms with Crippen LogP contribution < -0.4 is 10.4 Å². The van der Waals surface area contributed by atoms with Crippen LogP contribution in [0.4, 0.5) is 0 Å². The first-order valence-corrected chi connectivity index (χ1v) is 9.66. The number of benzene rings is 3. The first kappa shape index (κ1) is 18.9. The van der Waals surface area contributed by atoms with E-state index in [0.29, 0.717) is 16.7 Å². The number of allylic oxidation sites excluding steroid dienone is 1. The van der Waals surface area contributed by atoms with Gasteiger partial charge in [-0.3, -0.25) is 4.79 Å². The van der Waals surface area contributed by atoms with Gasteiger partial charge in [-0.1, -0.05) is 52.3 Å². The summed E-state index contributed by atoms with van der Waals surface area (Å²) in [7, 11) is 0. The monoisotopic (exact) mass is 446 g/mol. The highest BCUT2D eigenvalue weighted by Crippen LogP contribution is 2.23. The molecule has 0 saturated carbocycles. The molecule has 1 aromatic heterocycles. The van der Waals surface area contributed by atoms with Crippen LogP contribution in [0.25, 0.3) is 17.0 Å². The Morgan fingerprint density at radius 2 is 1.55 bits per heavy atom. The van der Waals surface area contributed by atoms with Gasteiger partial charge >= 0.3 is 5.63 Å². The highest BCUT2D eigenvalue weighted by Gasteiger charge is 2.11. The summed E-state index contributed by atoms with van der Waals surface area (Å²) in [5, 5.41) is 0.707. The van der Waals surface area contributed by atoms with Crippen molar-refractivity contribution in [1.82, 2.24) is 0 Å². The van der Waals surface area contributed by atoms with Gasteiger partial charge < -0.3 is 9.15 Å². The molecule has 0 N–H and O–H groups in total. The Kier molecular flexibility index (Phi) is 5.40. The zero-order valence-corrected chi connectivity index (χ0v) is 16.8. The number of carbonyl (C=O) groups is 1. The summed E-state index contributed by atoms with van der Waals surface area (Å²) < 4.78 is 12.0. The minimum Gasteiger partial charge on any atom is -0.457 e. The van der Waals surface area contributed by atoms with E-state index in [1.165, 1.54) is 6.08 Å². The van der Waals surface area contributed by atoms with E-state index < -0.39 is 11.4 Å². The average molecular weight is 447 g/mol. The van der Waals surface area contributed by atoms with Gasteiger partial charge in [0.2, 0.25) is 0 Å². The zero-order chi connectivity index (χ0) is 20.2. The van der Waals surface area contributed by atoms with Crippen LogP contribution in [0.1, 0.15) is 15.9 Å². The molecule has 0 bridgehead atoms. The van der Waals surface area contributed by atoms with E-state index in [2.05, 4.69) is 15.9 Å². The third-order valence-corrected chi connectivity index (χ3v) is 4.79. The lowest BCUT2D eigenvalue weighted by Crippen LogP contribution is -2.11. The molecule has 0 aliphatic heterocycles. The van der Waals surface area contributed by atoms with E-state index in [9.17, 15) is 9.59 Å². The van der Waals surface area contributed by atoms with Gasteiger partial charge in [-0.2, -0.15) is 0 Å². The SMILES string of the molecule is O=C(/C=C/c1ccc(Oc2ccc(Br)cc2)cc1)c1cc2ccccc2oc1=O. The molecular weight excluding hydrogens is 432 g/mol. The lowest BCUT2D eigenvalue weighted by molar-refractivity contribution is 0.104. The maximum Gasteiger partial charge on any atom is 0.347 e. The smallest absolute Gasteiger partial charge is 0.347 e. The largest absolute Gasteiger partial charge is 0.457 e. The van der Waals surface area contributed by atoms with Gasteiger partial charge in [0, 0.05) is 9.86 Å². The van der Waals surface area contributed by atoms with Crippen molar-refractivity contribution in [3.8, 4) is 11.5 Å². The Morgan fingerprint density at radius 1 is 0.897 bits per heavy atom. The minimum atomic E-state index is -0.642. The van der Waals surface area contributed by atoms with Gasteiger partial charge in [0.15, 0.2) is 5.78 Å². The molecule has 29 heavy (non-hydrogen) atoms. The summed E-state index contributed by atoms with van der Waals surface area (Å²) in [4.78, 5) is 24.5. The molecule has 4 nitrogen and oxygen atoms in total. The number of hydrogen-bond acceptors (Lipinski definition) is 4. The zero-order valence-electron chi connectivity index (χ0n) is 15.2. The van der Waals surface area contributed by atoms with E-state index in [-0.39, 0.29) is 5.56 Å². The Balaban J connectivity index is 1.48. The molecule has 0 unspecified atom stereocenters. The maximum absolute atomic E-state index is 12.4. The van der Waals surface area contributed by atoms with E-state index in [1.807, 2.05) is 54.6 Å².